The SMILES string of the molecule is CCC(CC1CCCC1(C)C)N(I)C1CC2CCC1(C)C2(C)C. The fourth-order valence-corrected chi connectivity index (χ4v) is 7.86. The van der Waals surface area contributed by atoms with Crippen LogP contribution in [0.5, 0.6) is 0 Å². The van der Waals surface area contributed by atoms with Gasteiger partial charge in [0.25, 0.3) is 0 Å². The van der Waals surface area contributed by atoms with Gasteiger partial charge in [0.15, 0.2) is 0 Å². The Morgan fingerprint density at radius 2 is 1.78 bits per heavy atom. The van der Waals surface area contributed by atoms with Crippen molar-refractivity contribution in [3.05, 3.63) is 0 Å². The molecule has 1 nitrogen and oxygen atoms in total. The van der Waals surface area contributed by atoms with Gasteiger partial charge in [-0.15, -0.1) is 0 Å². The van der Waals surface area contributed by atoms with E-state index in [1.165, 1.54) is 51.4 Å². The van der Waals surface area contributed by atoms with Crippen LogP contribution in [0.2, 0.25) is 0 Å². The van der Waals surface area contributed by atoms with E-state index in [2.05, 4.69) is 67.5 Å². The van der Waals surface area contributed by atoms with E-state index in [4.69, 9.17) is 0 Å². The Labute approximate surface area is 158 Å². The average Bonchev–Trinajstić information content (AvgIpc) is 2.99. The van der Waals surface area contributed by atoms with Gasteiger partial charge in [-0.2, -0.15) is 0 Å². The van der Waals surface area contributed by atoms with Gasteiger partial charge in [0, 0.05) is 34.9 Å². The van der Waals surface area contributed by atoms with E-state index in [0.717, 1.165) is 23.9 Å². The van der Waals surface area contributed by atoms with Gasteiger partial charge in [-0.3, -0.25) is 0 Å². The van der Waals surface area contributed by atoms with Gasteiger partial charge < -0.3 is 0 Å². The monoisotopic (exact) mass is 431 g/mol. The molecule has 2 heteroatoms. The van der Waals surface area contributed by atoms with Crippen molar-refractivity contribution in [2.45, 2.75) is 105 Å². The molecule has 0 aliphatic heterocycles. The fraction of sp³-hybridized carbons (Fsp3) is 1.00. The van der Waals surface area contributed by atoms with E-state index in [1.54, 1.807) is 0 Å². The summed E-state index contributed by atoms with van der Waals surface area (Å²) in [4.78, 5) is 0. The first-order valence-electron chi connectivity index (χ1n) is 10.1. The third-order valence-corrected chi connectivity index (χ3v) is 10.4. The summed E-state index contributed by atoms with van der Waals surface area (Å²) >= 11 is 2.72. The lowest BCUT2D eigenvalue weighted by atomic mass is 9.69. The van der Waals surface area contributed by atoms with Crippen molar-refractivity contribution in [1.29, 1.82) is 0 Å². The normalized spacial score (nSPS) is 42.5. The maximum Gasteiger partial charge on any atom is 0.0259 e. The molecule has 3 fully saturated rings. The van der Waals surface area contributed by atoms with Crippen LogP contribution < -0.4 is 0 Å². The second-order valence-corrected chi connectivity index (χ2v) is 11.5. The molecule has 0 aromatic carbocycles. The van der Waals surface area contributed by atoms with E-state index >= 15 is 0 Å². The molecular weight excluding hydrogens is 393 g/mol. The minimum absolute atomic E-state index is 0.525. The summed E-state index contributed by atoms with van der Waals surface area (Å²) in [5.74, 6) is 1.89. The van der Waals surface area contributed by atoms with Crippen LogP contribution >= 0.6 is 22.9 Å². The van der Waals surface area contributed by atoms with Gasteiger partial charge in [0.05, 0.1) is 0 Å². The molecule has 23 heavy (non-hydrogen) atoms. The van der Waals surface area contributed by atoms with E-state index in [-0.39, 0.29) is 0 Å². The van der Waals surface area contributed by atoms with Gasteiger partial charge in [0.2, 0.25) is 0 Å². The summed E-state index contributed by atoms with van der Waals surface area (Å²) in [7, 11) is 0. The third-order valence-electron chi connectivity index (χ3n) is 8.90. The molecule has 0 saturated heterocycles. The minimum Gasteiger partial charge on any atom is -0.241 e. The van der Waals surface area contributed by atoms with E-state index in [9.17, 15) is 0 Å². The first-order valence-corrected chi connectivity index (χ1v) is 11.0. The maximum absolute atomic E-state index is 2.81. The van der Waals surface area contributed by atoms with Crippen LogP contribution in [0, 0.1) is 28.1 Å². The predicted molar refractivity (Wildman–Crippen MR) is 109 cm³/mol. The van der Waals surface area contributed by atoms with Crippen molar-refractivity contribution in [3.63, 3.8) is 0 Å². The average molecular weight is 431 g/mol. The Hall–Kier alpha value is 0.690. The number of fused-ring (bicyclic) bond motifs is 2. The lowest BCUT2D eigenvalue weighted by molar-refractivity contribution is 0.0723. The molecule has 2 bridgehead atoms. The number of hydrogen-bond acceptors (Lipinski definition) is 1. The van der Waals surface area contributed by atoms with Gasteiger partial charge in [-0.05, 0) is 73.0 Å². The number of rotatable bonds is 5. The zero-order valence-corrected chi connectivity index (χ0v) is 18.4. The molecule has 0 aromatic rings. The van der Waals surface area contributed by atoms with Crippen molar-refractivity contribution >= 4 is 22.9 Å². The molecule has 3 saturated carbocycles. The summed E-state index contributed by atoms with van der Waals surface area (Å²) < 4.78 is 2.81. The molecule has 3 rings (SSSR count). The highest BCUT2D eigenvalue weighted by molar-refractivity contribution is 14.1. The quantitative estimate of drug-likeness (QED) is 0.340. The van der Waals surface area contributed by atoms with Crippen molar-refractivity contribution in [3.8, 4) is 0 Å². The largest absolute Gasteiger partial charge is 0.241 e. The molecule has 0 spiro atoms. The molecule has 3 aliphatic carbocycles. The van der Waals surface area contributed by atoms with Crippen LogP contribution in [0.1, 0.15) is 92.9 Å². The van der Waals surface area contributed by atoms with Gasteiger partial charge >= 0.3 is 0 Å². The molecule has 3 aliphatic rings. The Morgan fingerprint density at radius 1 is 1.09 bits per heavy atom. The Morgan fingerprint density at radius 3 is 2.22 bits per heavy atom. The lowest BCUT2D eigenvalue weighted by Gasteiger charge is -2.45. The Kier molecular flexibility index (Phi) is 4.93. The smallest absolute Gasteiger partial charge is 0.0259 e. The molecule has 0 radical (unpaired) electrons. The third kappa shape index (κ3) is 2.82. The van der Waals surface area contributed by atoms with Gasteiger partial charge in [-0.1, -0.05) is 48.0 Å². The topological polar surface area (TPSA) is 3.24 Å². The van der Waals surface area contributed by atoms with Gasteiger partial charge in [0.1, 0.15) is 0 Å². The summed E-state index contributed by atoms with van der Waals surface area (Å²) in [6.07, 6.45) is 11.4. The summed E-state index contributed by atoms with van der Waals surface area (Å²) in [5, 5.41) is 0. The van der Waals surface area contributed by atoms with E-state index in [0.29, 0.717) is 16.2 Å². The van der Waals surface area contributed by atoms with E-state index < -0.39 is 0 Å². The zero-order chi connectivity index (χ0) is 17.0. The second kappa shape index (κ2) is 6.14. The summed E-state index contributed by atoms with van der Waals surface area (Å²) in [6, 6.07) is 1.57. The van der Waals surface area contributed by atoms with Crippen molar-refractivity contribution in [1.82, 2.24) is 3.11 Å². The minimum atomic E-state index is 0.525. The van der Waals surface area contributed by atoms with Crippen molar-refractivity contribution < 1.29 is 0 Å². The molecule has 134 valence electrons. The highest BCUT2D eigenvalue weighted by atomic mass is 127. The van der Waals surface area contributed by atoms with E-state index in [1.807, 2.05) is 0 Å². The first kappa shape index (κ1) is 18.5. The van der Waals surface area contributed by atoms with Crippen LogP contribution in [-0.2, 0) is 0 Å². The van der Waals surface area contributed by atoms with Crippen molar-refractivity contribution in [2.75, 3.05) is 0 Å². The molecular formula is C21H38IN. The van der Waals surface area contributed by atoms with Crippen LogP contribution in [-0.4, -0.2) is 15.2 Å². The molecule has 5 unspecified atom stereocenters. The molecule has 0 aromatic heterocycles. The molecule has 0 N–H and O–H groups in total. The lowest BCUT2D eigenvalue weighted by Crippen LogP contribution is -2.47. The maximum atomic E-state index is 2.81. The molecule has 0 heterocycles. The summed E-state index contributed by atoms with van der Waals surface area (Å²) in [5.41, 5.74) is 1.63. The van der Waals surface area contributed by atoms with Crippen LogP contribution in [0.15, 0.2) is 0 Å². The fourth-order valence-electron chi connectivity index (χ4n) is 6.39. The predicted octanol–water partition coefficient (Wildman–Crippen LogP) is 6.85. The van der Waals surface area contributed by atoms with Crippen LogP contribution in [0.4, 0.5) is 0 Å². The standard InChI is InChI=1S/C21H38IN/c1-7-17(13-15-9-8-11-19(15,2)3)23(22)18-14-16-10-12-21(18,6)20(16,4)5/h15-18H,7-14H2,1-6H3. The van der Waals surface area contributed by atoms with Crippen LogP contribution in [0.25, 0.3) is 0 Å². The zero-order valence-electron chi connectivity index (χ0n) is 16.3. The Bertz CT molecular complexity index is 443. The van der Waals surface area contributed by atoms with Gasteiger partial charge in [-0.25, -0.2) is 3.11 Å². The molecule has 0 amide bonds. The first-order chi connectivity index (χ1) is 10.6. The Balaban J connectivity index is 1.73. The number of hydrogen-bond donors (Lipinski definition) is 0. The highest BCUT2D eigenvalue weighted by Crippen LogP contribution is 2.67. The second-order valence-electron chi connectivity index (χ2n) is 10.3. The number of nitrogens with zero attached hydrogens (tertiary/aromatic N) is 1. The number of halogens is 1. The van der Waals surface area contributed by atoms with Crippen LogP contribution in [0.3, 0.4) is 0 Å². The van der Waals surface area contributed by atoms with Crippen molar-refractivity contribution in [2.24, 2.45) is 28.1 Å². The molecule has 5 atom stereocenters. The highest BCUT2D eigenvalue weighted by Gasteiger charge is 2.62. The summed E-state index contributed by atoms with van der Waals surface area (Å²) in [6.45, 7) is 15.1.